The Morgan fingerprint density at radius 3 is 2.79 bits per heavy atom. The maximum atomic E-state index is 11.9. The van der Waals surface area contributed by atoms with E-state index in [1.165, 1.54) is 11.8 Å². The van der Waals surface area contributed by atoms with Crippen molar-refractivity contribution in [3.05, 3.63) is 34.9 Å². The Balaban J connectivity index is 1.71. The third-order valence-electron chi connectivity index (χ3n) is 4.06. The lowest BCUT2D eigenvalue weighted by Gasteiger charge is -2.27. The third-order valence-corrected chi connectivity index (χ3v) is 5.30. The van der Waals surface area contributed by atoms with Crippen LogP contribution in [0.5, 0.6) is 0 Å². The van der Waals surface area contributed by atoms with Crippen molar-refractivity contribution in [2.45, 2.75) is 18.6 Å². The van der Waals surface area contributed by atoms with Gasteiger partial charge in [0, 0.05) is 30.5 Å². The molecule has 0 saturated carbocycles. The number of carbonyl (C=O) groups is 2. The molecule has 1 aliphatic rings. The van der Waals surface area contributed by atoms with Gasteiger partial charge in [0.15, 0.2) is 0 Å². The largest absolute Gasteiger partial charge is 0.481 e. The van der Waals surface area contributed by atoms with Crippen molar-refractivity contribution < 1.29 is 19.4 Å². The summed E-state index contributed by atoms with van der Waals surface area (Å²) in [5.41, 5.74) is 1.06. The van der Waals surface area contributed by atoms with Gasteiger partial charge >= 0.3 is 5.97 Å². The van der Waals surface area contributed by atoms with Crippen molar-refractivity contribution in [2.24, 2.45) is 11.8 Å². The summed E-state index contributed by atoms with van der Waals surface area (Å²) in [4.78, 5) is 23.4. The van der Waals surface area contributed by atoms with Crippen LogP contribution < -0.4 is 5.32 Å². The predicted octanol–water partition coefficient (Wildman–Crippen LogP) is 2.82. The summed E-state index contributed by atoms with van der Waals surface area (Å²) >= 11 is 7.40. The fraction of sp³-hybridized carbons (Fsp3) is 0.529. The first kappa shape index (κ1) is 19.1. The molecule has 1 aromatic rings. The summed E-state index contributed by atoms with van der Waals surface area (Å²) in [6.07, 6.45) is 1.46. The van der Waals surface area contributed by atoms with Crippen LogP contribution in [0.3, 0.4) is 0 Å². The van der Waals surface area contributed by atoms with Crippen LogP contribution in [-0.4, -0.2) is 42.5 Å². The molecule has 1 aromatic carbocycles. The highest BCUT2D eigenvalue weighted by atomic mass is 35.5. The number of hydrogen-bond acceptors (Lipinski definition) is 4. The Morgan fingerprint density at radius 1 is 1.38 bits per heavy atom. The van der Waals surface area contributed by atoms with Gasteiger partial charge in [0.05, 0.1) is 11.7 Å². The number of rotatable bonds is 8. The quantitative estimate of drug-likeness (QED) is 0.734. The highest BCUT2D eigenvalue weighted by Crippen LogP contribution is 2.24. The van der Waals surface area contributed by atoms with Crippen molar-refractivity contribution in [2.75, 3.05) is 25.5 Å². The van der Waals surface area contributed by atoms with Gasteiger partial charge in [-0.3, -0.25) is 9.59 Å². The van der Waals surface area contributed by atoms with Gasteiger partial charge < -0.3 is 15.2 Å². The second kappa shape index (κ2) is 9.91. The minimum absolute atomic E-state index is 0.0654. The number of ether oxygens (including phenoxy) is 1. The van der Waals surface area contributed by atoms with Gasteiger partial charge in [-0.2, -0.15) is 0 Å². The Labute approximate surface area is 151 Å². The predicted molar refractivity (Wildman–Crippen MR) is 95.3 cm³/mol. The van der Waals surface area contributed by atoms with Gasteiger partial charge in [-0.25, -0.2) is 0 Å². The Hall–Kier alpha value is -1.24. The molecule has 2 rings (SSSR count). The molecule has 0 spiro atoms. The second-order valence-corrected chi connectivity index (χ2v) is 7.24. The summed E-state index contributed by atoms with van der Waals surface area (Å²) < 4.78 is 5.27. The fourth-order valence-corrected chi connectivity index (χ4v) is 3.75. The number of halogens is 1. The van der Waals surface area contributed by atoms with Crippen molar-refractivity contribution >= 4 is 35.2 Å². The molecule has 1 unspecified atom stereocenters. The van der Waals surface area contributed by atoms with Gasteiger partial charge in [-0.15, -0.1) is 11.8 Å². The number of carboxylic acid groups (broad SMARTS) is 1. The van der Waals surface area contributed by atoms with E-state index in [9.17, 15) is 14.7 Å². The molecule has 2 N–H and O–H groups in total. The molecule has 0 radical (unpaired) electrons. The number of benzene rings is 1. The van der Waals surface area contributed by atoms with E-state index in [-0.39, 0.29) is 18.4 Å². The van der Waals surface area contributed by atoms with Crippen LogP contribution in [0.25, 0.3) is 0 Å². The molecule has 7 heteroatoms. The number of hydrogen-bond donors (Lipinski definition) is 2. The van der Waals surface area contributed by atoms with Crippen LogP contribution in [0.15, 0.2) is 24.3 Å². The number of nitrogens with one attached hydrogen (secondary N) is 1. The van der Waals surface area contributed by atoms with Crippen molar-refractivity contribution in [3.8, 4) is 0 Å². The third kappa shape index (κ3) is 6.34. The van der Waals surface area contributed by atoms with Gasteiger partial charge in [-0.1, -0.05) is 23.7 Å². The molecule has 1 fully saturated rings. The molecule has 24 heavy (non-hydrogen) atoms. The Bertz CT molecular complexity index is 563. The first-order chi connectivity index (χ1) is 11.6. The number of carbonyl (C=O) groups excluding carboxylic acids is 1. The van der Waals surface area contributed by atoms with Gasteiger partial charge in [-0.05, 0) is 36.5 Å². The van der Waals surface area contributed by atoms with Crippen LogP contribution in [0.2, 0.25) is 5.02 Å². The number of thioether (sulfide) groups is 1. The van der Waals surface area contributed by atoms with Crippen LogP contribution in [0.4, 0.5) is 0 Å². The molecule has 1 heterocycles. The lowest BCUT2D eigenvalue weighted by Crippen LogP contribution is -2.39. The van der Waals surface area contributed by atoms with E-state index >= 15 is 0 Å². The lowest BCUT2D eigenvalue weighted by atomic mass is 9.86. The van der Waals surface area contributed by atoms with Gasteiger partial charge in [0.25, 0.3) is 0 Å². The molecule has 132 valence electrons. The number of aliphatic carboxylic acids is 1. The SMILES string of the molecule is O=C(CSCc1cccc(Cl)c1)NCC(C(=O)O)C1CCOCC1. The molecule has 0 bridgehead atoms. The molecule has 1 amide bonds. The maximum Gasteiger partial charge on any atom is 0.308 e. The summed E-state index contributed by atoms with van der Waals surface area (Å²) in [6, 6.07) is 7.52. The van der Waals surface area contributed by atoms with Crippen LogP contribution in [0, 0.1) is 11.8 Å². The monoisotopic (exact) mass is 371 g/mol. The molecule has 1 atom stereocenters. The van der Waals surface area contributed by atoms with Crippen molar-refractivity contribution in [1.29, 1.82) is 0 Å². The van der Waals surface area contributed by atoms with Crippen LogP contribution in [0.1, 0.15) is 18.4 Å². The second-order valence-electron chi connectivity index (χ2n) is 5.82. The Kier molecular flexibility index (Phi) is 7.88. The molecular formula is C17H22ClNO4S. The number of amides is 1. The summed E-state index contributed by atoms with van der Waals surface area (Å²) in [6.45, 7) is 1.37. The minimum atomic E-state index is -0.853. The zero-order valence-electron chi connectivity index (χ0n) is 13.4. The summed E-state index contributed by atoms with van der Waals surface area (Å²) in [7, 11) is 0. The molecular weight excluding hydrogens is 350 g/mol. The highest BCUT2D eigenvalue weighted by molar-refractivity contribution is 7.99. The molecule has 1 saturated heterocycles. The van der Waals surface area contributed by atoms with Gasteiger partial charge in [0.1, 0.15) is 0 Å². The zero-order chi connectivity index (χ0) is 17.4. The molecule has 0 aliphatic carbocycles. The standard InChI is InChI=1S/C17H22ClNO4S/c18-14-3-1-2-12(8-14)10-24-11-16(20)19-9-15(17(21)22)13-4-6-23-7-5-13/h1-3,8,13,15H,4-7,9-11H2,(H,19,20)(H,21,22). The normalized spacial score (nSPS) is 16.5. The minimum Gasteiger partial charge on any atom is -0.481 e. The zero-order valence-corrected chi connectivity index (χ0v) is 14.9. The number of carboxylic acids is 1. The van der Waals surface area contributed by atoms with Crippen molar-refractivity contribution in [1.82, 2.24) is 5.32 Å². The first-order valence-electron chi connectivity index (χ1n) is 7.95. The highest BCUT2D eigenvalue weighted by Gasteiger charge is 2.29. The van der Waals surface area contributed by atoms with Crippen LogP contribution >= 0.6 is 23.4 Å². The average molecular weight is 372 g/mol. The average Bonchev–Trinajstić information content (AvgIpc) is 2.56. The van der Waals surface area contributed by atoms with E-state index in [0.29, 0.717) is 29.7 Å². The lowest BCUT2D eigenvalue weighted by molar-refractivity contribution is -0.144. The van der Waals surface area contributed by atoms with E-state index in [4.69, 9.17) is 16.3 Å². The van der Waals surface area contributed by atoms with E-state index < -0.39 is 11.9 Å². The van der Waals surface area contributed by atoms with Crippen LogP contribution in [-0.2, 0) is 20.1 Å². The van der Waals surface area contributed by atoms with E-state index in [1.807, 2.05) is 24.3 Å². The fourth-order valence-electron chi connectivity index (χ4n) is 2.74. The smallest absolute Gasteiger partial charge is 0.308 e. The molecule has 1 aliphatic heterocycles. The Morgan fingerprint density at radius 2 is 2.12 bits per heavy atom. The summed E-state index contributed by atoms with van der Waals surface area (Å²) in [5.74, 6) is -0.483. The van der Waals surface area contributed by atoms with Gasteiger partial charge in [0.2, 0.25) is 5.91 Å². The maximum absolute atomic E-state index is 11.9. The summed E-state index contributed by atoms with van der Waals surface area (Å²) in [5, 5.41) is 12.8. The van der Waals surface area contributed by atoms with Crippen molar-refractivity contribution in [3.63, 3.8) is 0 Å². The molecule has 0 aromatic heterocycles. The van der Waals surface area contributed by atoms with E-state index in [2.05, 4.69) is 5.32 Å². The van der Waals surface area contributed by atoms with E-state index in [1.54, 1.807) is 0 Å². The molecule has 5 nitrogen and oxygen atoms in total. The van der Waals surface area contributed by atoms with E-state index in [0.717, 1.165) is 18.4 Å². The first-order valence-corrected chi connectivity index (χ1v) is 9.49. The topological polar surface area (TPSA) is 75.6 Å².